The predicted octanol–water partition coefficient (Wildman–Crippen LogP) is 0.871. The number of urea groups is 1. The van der Waals surface area contributed by atoms with Gasteiger partial charge >= 0.3 is 6.03 Å². The first-order chi connectivity index (χ1) is 10.6. The van der Waals surface area contributed by atoms with Crippen LogP contribution in [-0.4, -0.2) is 93.0 Å². The van der Waals surface area contributed by atoms with E-state index in [9.17, 15) is 4.79 Å². The molecule has 3 heterocycles. The fourth-order valence-corrected chi connectivity index (χ4v) is 3.95. The van der Waals surface area contributed by atoms with Crippen LogP contribution < -0.4 is 0 Å². The monoisotopic (exact) mass is 311 g/mol. The van der Waals surface area contributed by atoms with E-state index >= 15 is 0 Å². The van der Waals surface area contributed by atoms with E-state index in [0.29, 0.717) is 32.2 Å². The van der Waals surface area contributed by atoms with Gasteiger partial charge in [-0.3, -0.25) is 0 Å². The summed E-state index contributed by atoms with van der Waals surface area (Å²) in [5, 5.41) is 0. The van der Waals surface area contributed by atoms with Gasteiger partial charge in [-0.15, -0.1) is 0 Å². The van der Waals surface area contributed by atoms with Gasteiger partial charge in [0.15, 0.2) is 0 Å². The summed E-state index contributed by atoms with van der Waals surface area (Å²) in [7, 11) is 3.60. The van der Waals surface area contributed by atoms with Gasteiger partial charge in [0.25, 0.3) is 0 Å². The van der Waals surface area contributed by atoms with E-state index in [0.717, 1.165) is 19.6 Å². The van der Waals surface area contributed by atoms with Crippen molar-refractivity contribution in [3.8, 4) is 0 Å². The molecule has 0 aromatic carbocycles. The summed E-state index contributed by atoms with van der Waals surface area (Å²) in [6, 6.07) is 0.0523. The Morgan fingerprint density at radius 1 is 1.27 bits per heavy atom. The molecule has 3 fully saturated rings. The molecule has 0 aromatic rings. The van der Waals surface area contributed by atoms with Crippen molar-refractivity contribution >= 4 is 6.03 Å². The first-order valence-electron chi connectivity index (χ1n) is 8.48. The summed E-state index contributed by atoms with van der Waals surface area (Å²) in [5.41, 5.74) is -0.299. The van der Waals surface area contributed by atoms with Crippen LogP contribution in [0, 0.1) is 5.92 Å². The summed E-state index contributed by atoms with van der Waals surface area (Å²) in [6.45, 7) is 6.89. The van der Waals surface area contributed by atoms with E-state index in [1.54, 1.807) is 19.0 Å². The fourth-order valence-electron chi connectivity index (χ4n) is 3.95. The van der Waals surface area contributed by atoms with Crippen molar-refractivity contribution in [2.45, 2.75) is 24.9 Å². The molecule has 126 valence electrons. The number of hydrogen-bond donors (Lipinski definition) is 0. The zero-order chi connectivity index (χ0) is 15.6. The van der Waals surface area contributed by atoms with Crippen LogP contribution in [-0.2, 0) is 9.47 Å². The van der Waals surface area contributed by atoms with Crippen LogP contribution in [0.4, 0.5) is 4.79 Å². The summed E-state index contributed by atoms with van der Waals surface area (Å²) >= 11 is 0. The lowest BCUT2D eigenvalue weighted by molar-refractivity contribution is -0.0535. The van der Waals surface area contributed by atoms with Gasteiger partial charge in [0.1, 0.15) is 5.60 Å². The zero-order valence-corrected chi connectivity index (χ0v) is 13.9. The highest BCUT2D eigenvalue weighted by atomic mass is 16.5. The number of ether oxygens (including phenoxy) is 2. The highest BCUT2D eigenvalue weighted by Gasteiger charge is 2.44. The first-order valence-corrected chi connectivity index (χ1v) is 8.48. The summed E-state index contributed by atoms with van der Waals surface area (Å²) < 4.78 is 11.9. The molecule has 3 saturated heterocycles. The lowest BCUT2D eigenvalue weighted by atomic mass is 9.94. The van der Waals surface area contributed by atoms with Crippen LogP contribution in [0.2, 0.25) is 0 Å². The number of likely N-dealkylation sites (tertiary alicyclic amines) is 1. The molecular weight excluding hydrogens is 282 g/mol. The molecule has 1 spiro atoms. The third-order valence-electron chi connectivity index (χ3n) is 5.00. The second-order valence-corrected chi connectivity index (χ2v) is 7.22. The number of rotatable bonds is 2. The maximum atomic E-state index is 12.3. The molecule has 3 rings (SSSR count). The van der Waals surface area contributed by atoms with Gasteiger partial charge in [0.2, 0.25) is 0 Å². The van der Waals surface area contributed by atoms with E-state index in [2.05, 4.69) is 4.90 Å². The van der Waals surface area contributed by atoms with Crippen molar-refractivity contribution in [1.82, 2.24) is 14.7 Å². The van der Waals surface area contributed by atoms with Crippen molar-refractivity contribution in [2.75, 3.05) is 66.6 Å². The minimum atomic E-state index is -0.299. The van der Waals surface area contributed by atoms with Gasteiger partial charge in [0, 0.05) is 27.2 Å². The Hall–Kier alpha value is -0.850. The molecule has 22 heavy (non-hydrogen) atoms. The average Bonchev–Trinajstić information content (AvgIpc) is 3.07. The van der Waals surface area contributed by atoms with Gasteiger partial charge in [-0.2, -0.15) is 0 Å². The van der Waals surface area contributed by atoms with Gasteiger partial charge in [-0.1, -0.05) is 0 Å². The Labute approximate surface area is 133 Å². The van der Waals surface area contributed by atoms with E-state index < -0.39 is 0 Å². The van der Waals surface area contributed by atoms with Gasteiger partial charge in [-0.05, 0) is 38.3 Å². The number of carbonyl (C=O) groups is 1. The minimum absolute atomic E-state index is 0.0523. The topological polar surface area (TPSA) is 45.2 Å². The molecule has 6 heteroatoms. The largest absolute Gasteiger partial charge is 0.377 e. The molecule has 0 radical (unpaired) electrons. The Kier molecular flexibility index (Phi) is 4.90. The Morgan fingerprint density at radius 3 is 2.77 bits per heavy atom. The molecule has 0 saturated carbocycles. The van der Waals surface area contributed by atoms with Gasteiger partial charge < -0.3 is 24.2 Å². The SMILES string of the molecule is CN(C)C(=O)N1CCOC[C@@]2(C[C@H](CN3CCCC3)CO2)C1. The molecular formula is C16H29N3O3. The van der Waals surface area contributed by atoms with Crippen molar-refractivity contribution in [3.05, 3.63) is 0 Å². The number of nitrogens with zero attached hydrogens (tertiary/aromatic N) is 3. The summed E-state index contributed by atoms with van der Waals surface area (Å²) in [6.07, 6.45) is 3.65. The zero-order valence-electron chi connectivity index (χ0n) is 13.9. The fraction of sp³-hybridized carbons (Fsp3) is 0.938. The second-order valence-electron chi connectivity index (χ2n) is 7.22. The molecule has 6 nitrogen and oxygen atoms in total. The van der Waals surface area contributed by atoms with Crippen LogP contribution in [0.15, 0.2) is 0 Å². The van der Waals surface area contributed by atoms with Crippen molar-refractivity contribution in [1.29, 1.82) is 0 Å². The molecule has 3 aliphatic rings. The van der Waals surface area contributed by atoms with E-state index in [1.807, 2.05) is 4.90 Å². The smallest absolute Gasteiger partial charge is 0.319 e. The Bertz CT molecular complexity index is 398. The molecule has 2 amide bonds. The Morgan fingerprint density at radius 2 is 2.05 bits per heavy atom. The minimum Gasteiger partial charge on any atom is -0.377 e. The molecule has 2 atom stereocenters. The van der Waals surface area contributed by atoms with Crippen LogP contribution in [0.1, 0.15) is 19.3 Å². The number of hydrogen-bond acceptors (Lipinski definition) is 4. The molecule has 0 bridgehead atoms. The molecule has 0 aromatic heterocycles. The maximum absolute atomic E-state index is 12.3. The van der Waals surface area contributed by atoms with E-state index in [4.69, 9.17) is 9.47 Å². The van der Waals surface area contributed by atoms with Crippen molar-refractivity contribution in [3.63, 3.8) is 0 Å². The first kappa shape index (κ1) is 16.0. The highest BCUT2D eigenvalue weighted by Crippen LogP contribution is 2.33. The highest BCUT2D eigenvalue weighted by molar-refractivity contribution is 5.74. The predicted molar refractivity (Wildman–Crippen MR) is 83.9 cm³/mol. The molecule has 0 aliphatic carbocycles. The van der Waals surface area contributed by atoms with Crippen LogP contribution in [0.25, 0.3) is 0 Å². The lowest BCUT2D eigenvalue weighted by Crippen LogP contribution is -2.49. The van der Waals surface area contributed by atoms with Crippen LogP contribution in [0.3, 0.4) is 0 Å². The second kappa shape index (κ2) is 6.72. The average molecular weight is 311 g/mol. The third-order valence-corrected chi connectivity index (χ3v) is 5.00. The van der Waals surface area contributed by atoms with Crippen molar-refractivity contribution in [2.24, 2.45) is 5.92 Å². The Balaban J connectivity index is 1.60. The van der Waals surface area contributed by atoms with Gasteiger partial charge in [-0.25, -0.2) is 4.79 Å². The van der Waals surface area contributed by atoms with Crippen molar-refractivity contribution < 1.29 is 14.3 Å². The normalized spacial score (nSPS) is 33.4. The van der Waals surface area contributed by atoms with Crippen LogP contribution >= 0.6 is 0 Å². The van der Waals surface area contributed by atoms with E-state index in [-0.39, 0.29) is 11.6 Å². The van der Waals surface area contributed by atoms with Crippen LogP contribution in [0.5, 0.6) is 0 Å². The standard InChI is InChI=1S/C16H29N3O3/c1-17(2)15(20)19-7-8-21-13-16(12-19)9-14(11-22-16)10-18-5-3-4-6-18/h14H,3-13H2,1-2H3/t14-,16-/m1/s1. The van der Waals surface area contributed by atoms with E-state index in [1.165, 1.54) is 25.9 Å². The quantitative estimate of drug-likeness (QED) is 0.759. The molecule has 0 unspecified atom stereocenters. The lowest BCUT2D eigenvalue weighted by Gasteiger charge is -2.32. The third kappa shape index (κ3) is 3.55. The molecule has 0 N–H and O–H groups in total. The maximum Gasteiger partial charge on any atom is 0.319 e. The molecule has 3 aliphatic heterocycles. The summed E-state index contributed by atoms with van der Waals surface area (Å²) in [5.74, 6) is 0.566. The van der Waals surface area contributed by atoms with Gasteiger partial charge in [0.05, 0.1) is 26.4 Å². The summed E-state index contributed by atoms with van der Waals surface area (Å²) in [4.78, 5) is 18.3. The number of amides is 2. The number of carbonyl (C=O) groups excluding carboxylic acids is 1.